The van der Waals surface area contributed by atoms with Gasteiger partial charge in [0, 0.05) is 24.8 Å². The summed E-state index contributed by atoms with van der Waals surface area (Å²) < 4.78 is 0. The molecule has 1 unspecified atom stereocenters. The van der Waals surface area contributed by atoms with E-state index in [2.05, 4.69) is 43.1 Å². The fraction of sp³-hybridized carbons (Fsp3) is 0.538. The van der Waals surface area contributed by atoms with Crippen molar-refractivity contribution in [2.75, 3.05) is 11.9 Å². The topological polar surface area (TPSA) is 29.3 Å². The lowest BCUT2D eigenvalue weighted by atomic mass is 10.1. The molecule has 1 aliphatic carbocycles. The van der Waals surface area contributed by atoms with Crippen molar-refractivity contribution in [1.29, 1.82) is 0 Å². The van der Waals surface area contributed by atoms with E-state index in [4.69, 9.17) is 5.73 Å². The molecule has 0 amide bonds. The van der Waals surface area contributed by atoms with E-state index < -0.39 is 0 Å². The van der Waals surface area contributed by atoms with Crippen LogP contribution in [0.4, 0.5) is 5.69 Å². The van der Waals surface area contributed by atoms with Crippen LogP contribution in [0.2, 0.25) is 0 Å². The third kappa shape index (κ3) is 2.32. The maximum absolute atomic E-state index is 5.98. The summed E-state index contributed by atoms with van der Waals surface area (Å²) in [7, 11) is 2.17. The Balaban J connectivity index is 2.09. The van der Waals surface area contributed by atoms with Crippen molar-refractivity contribution < 1.29 is 0 Å². The van der Waals surface area contributed by atoms with Gasteiger partial charge in [-0.3, -0.25) is 0 Å². The Bertz CT molecular complexity index is 314. The van der Waals surface area contributed by atoms with Gasteiger partial charge in [0.1, 0.15) is 0 Å². The fourth-order valence-electron chi connectivity index (χ4n) is 1.87. The molecule has 0 bridgehead atoms. The molecule has 15 heavy (non-hydrogen) atoms. The number of benzene rings is 1. The standard InChI is InChI=1S/C13H20N2/c1-3-13(14)10-4-6-11(7-5-10)15(2)12-8-9-12/h4-7,12-13H,3,8-9,14H2,1-2H3. The van der Waals surface area contributed by atoms with Crippen molar-refractivity contribution in [2.24, 2.45) is 5.73 Å². The van der Waals surface area contributed by atoms with Crippen LogP contribution in [0.25, 0.3) is 0 Å². The van der Waals surface area contributed by atoms with Crippen LogP contribution in [0.3, 0.4) is 0 Å². The first-order valence-corrected chi connectivity index (χ1v) is 5.80. The Morgan fingerprint density at radius 3 is 2.40 bits per heavy atom. The molecule has 1 saturated carbocycles. The van der Waals surface area contributed by atoms with E-state index in [1.54, 1.807) is 0 Å². The summed E-state index contributed by atoms with van der Waals surface area (Å²) in [4.78, 5) is 2.36. The first-order valence-electron chi connectivity index (χ1n) is 5.80. The lowest BCUT2D eigenvalue weighted by Crippen LogP contribution is -2.19. The van der Waals surface area contributed by atoms with E-state index in [0.29, 0.717) is 0 Å². The number of rotatable bonds is 4. The van der Waals surface area contributed by atoms with E-state index in [1.165, 1.54) is 24.1 Å². The summed E-state index contributed by atoms with van der Waals surface area (Å²) in [6.07, 6.45) is 3.68. The second-order valence-electron chi connectivity index (χ2n) is 4.45. The van der Waals surface area contributed by atoms with Gasteiger partial charge in [0.25, 0.3) is 0 Å². The predicted molar refractivity (Wildman–Crippen MR) is 65.1 cm³/mol. The number of hydrogen-bond donors (Lipinski definition) is 1. The highest BCUT2D eigenvalue weighted by molar-refractivity contribution is 5.49. The Morgan fingerprint density at radius 2 is 1.93 bits per heavy atom. The average Bonchev–Trinajstić information content (AvgIpc) is 3.11. The number of hydrogen-bond acceptors (Lipinski definition) is 2. The minimum atomic E-state index is 0.185. The third-order valence-corrected chi connectivity index (χ3v) is 3.26. The average molecular weight is 204 g/mol. The van der Waals surface area contributed by atoms with Gasteiger partial charge in [-0.15, -0.1) is 0 Å². The van der Waals surface area contributed by atoms with Crippen molar-refractivity contribution >= 4 is 5.69 Å². The lowest BCUT2D eigenvalue weighted by Gasteiger charge is -2.19. The summed E-state index contributed by atoms with van der Waals surface area (Å²) in [5.74, 6) is 0. The minimum Gasteiger partial charge on any atom is -0.372 e. The Labute approximate surface area is 92.1 Å². The summed E-state index contributed by atoms with van der Waals surface area (Å²) in [6, 6.07) is 9.64. The molecule has 2 N–H and O–H groups in total. The summed E-state index contributed by atoms with van der Waals surface area (Å²) in [6.45, 7) is 2.12. The largest absolute Gasteiger partial charge is 0.372 e. The molecule has 0 heterocycles. The molecule has 1 aliphatic rings. The molecule has 0 saturated heterocycles. The van der Waals surface area contributed by atoms with Crippen molar-refractivity contribution in [1.82, 2.24) is 0 Å². The summed E-state index contributed by atoms with van der Waals surface area (Å²) >= 11 is 0. The maximum atomic E-state index is 5.98. The van der Waals surface area contributed by atoms with Crippen molar-refractivity contribution in [3.63, 3.8) is 0 Å². The van der Waals surface area contributed by atoms with E-state index in [1.807, 2.05) is 0 Å². The summed E-state index contributed by atoms with van der Waals surface area (Å²) in [5, 5.41) is 0. The zero-order chi connectivity index (χ0) is 10.8. The zero-order valence-electron chi connectivity index (χ0n) is 9.61. The van der Waals surface area contributed by atoms with Gasteiger partial charge in [-0.2, -0.15) is 0 Å². The molecule has 1 aromatic carbocycles. The molecule has 1 aromatic rings. The SMILES string of the molecule is CCC(N)c1ccc(N(C)C2CC2)cc1. The van der Waals surface area contributed by atoms with E-state index in [-0.39, 0.29) is 6.04 Å². The first kappa shape index (κ1) is 10.5. The van der Waals surface area contributed by atoms with Crippen LogP contribution in [-0.4, -0.2) is 13.1 Å². The van der Waals surface area contributed by atoms with Gasteiger partial charge in [-0.25, -0.2) is 0 Å². The molecule has 2 heteroatoms. The van der Waals surface area contributed by atoms with Crippen LogP contribution >= 0.6 is 0 Å². The van der Waals surface area contributed by atoms with E-state index in [9.17, 15) is 0 Å². The maximum Gasteiger partial charge on any atom is 0.0366 e. The monoisotopic (exact) mass is 204 g/mol. The van der Waals surface area contributed by atoms with Gasteiger partial charge < -0.3 is 10.6 Å². The molecule has 2 rings (SSSR count). The smallest absolute Gasteiger partial charge is 0.0366 e. The quantitative estimate of drug-likeness (QED) is 0.817. The van der Waals surface area contributed by atoms with Gasteiger partial charge in [0.15, 0.2) is 0 Å². The first-order chi connectivity index (χ1) is 7.22. The van der Waals surface area contributed by atoms with Crippen LogP contribution in [0, 0.1) is 0 Å². The summed E-state index contributed by atoms with van der Waals surface area (Å²) in [5.41, 5.74) is 8.53. The molecule has 0 aromatic heterocycles. The highest BCUT2D eigenvalue weighted by Crippen LogP contribution is 2.30. The Morgan fingerprint density at radius 1 is 1.33 bits per heavy atom. The second-order valence-corrected chi connectivity index (χ2v) is 4.45. The molecule has 82 valence electrons. The van der Waals surface area contributed by atoms with Crippen LogP contribution in [0.1, 0.15) is 37.8 Å². The lowest BCUT2D eigenvalue weighted by molar-refractivity contribution is 0.698. The fourth-order valence-corrected chi connectivity index (χ4v) is 1.87. The molecule has 1 atom stereocenters. The van der Waals surface area contributed by atoms with Gasteiger partial charge in [0.2, 0.25) is 0 Å². The highest BCUT2D eigenvalue weighted by Gasteiger charge is 2.26. The number of anilines is 1. The van der Waals surface area contributed by atoms with Crippen molar-refractivity contribution in [2.45, 2.75) is 38.3 Å². The van der Waals surface area contributed by atoms with Crippen LogP contribution in [0.15, 0.2) is 24.3 Å². The molecule has 0 spiro atoms. The Kier molecular flexibility index (Phi) is 2.96. The van der Waals surface area contributed by atoms with Crippen LogP contribution in [-0.2, 0) is 0 Å². The molecular weight excluding hydrogens is 184 g/mol. The number of nitrogens with zero attached hydrogens (tertiary/aromatic N) is 1. The zero-order valence-corrected chi connectivity index (χ0v) is 9.61. The van der Waals surface area contributed by atoms with Crippen LogP contribution in [0.5, 0.6) is 0 Å². The minimum absolute atomic E-state index is 0.185. The normalized spacial score (nSPS) is 17.5. The number of nitrogens with two attached hydrogens (primary N) is 1. The molecular formula is C13H20N2. The molecule has 2 nitrogen and oxygen atoms in total. The third-order valence-electron chi connectivity index (χ3n) is 3.26. The highest BCUT2D eigenvalue weighted by atomic mass is 15.2. The van der Waals surface area contributed by atoms with Crippen molar-refractivity contribution in [3.8, 4) is 0 Å². The van der Waals surface area contributed by atoms with E-state index in [0.717, 1.165) is 12.5 Å². The molecule has 0 aliphatic heterocycles. The Hall–Kier alpha value is -1.02. The molecule has 1 fully saturated rings. The van der Waals surface area contributed by atoms with E-state index >= 15 is 0 Å². The second kappa shape index (κ2) is 4.23. The van der Waals surface area contributed by atoms with Gasteiger partial charge in [0.05, 0.1) is 0 Å². The van der Waals surface area contributed by atoms with Gasteiger partial charge >= 0.3 is 0 Å². The molecule has 0 radical (unpaired) electrons. The predicted octanol–water partition coefficient (Wildman–Crippen LogP) is 2.70. The van der Waals surface area contributed by atoms with Gasteiger partial charge in [-0.1, -0.05) is 19.1 Å². The van der Waals surface area contributed by atoms with Gasteiger partial charge in [-0.05, 0) is 37.0 Å². The van der Waals surface area contributed by atoms with Crippen molar-refractivity contribution in [3.05, 3.63) is 29.8 Å². The van der Waals surface area contributed by atoms with Crippen LogP contribution < -0.4 is 10.6 Å².